The minimum atomic E-state index is -0.386. The molecular formula is C23H20O. The second kappa shape index (κ2) is 7.06. The summed E-state index contributed by atoms with van der Waals surface area (Å²) in [6.45, 7) is 2.17. The summed E-state index contributed by atoms with van der Waals surface area (Å²) in [6, 6.07) is 28.6. The molecule has 0 N–H and O–H groups in total. The van der Waals surface area contributed by atoms with Gasteiger partial charge in [-0.05, 0) is 42.3 Å². The fraction of sp³-hybridized carbons (Fsp3) is 0.130. The van der Waals surface area contributed by atoms with Crippen molar-refractivity contribution < 1.29 is 4.74 Å². The molecule has 0 aliphatic heterocycles. The summed E-state index contributed by atoms with van der Waals surface area (Å²) in [5.41, 5.74) is 2.97. The van der Waals surface area contributed by atoms with Crippen molar-refractivity contribution in [1.29, 1.82) is 0 Å². The van der Waals surface area contributed by atoms with Crippen LogP contribution in [0.3, 0.4) is 0 Å². The van der Waals surface area contributed by atoms with E-state index in [0.717, 1.165) is 16.9 Å². The van der Waals surface area contributed by atoms with Crippen molar-refractivity contribution in [3.05, 3.63) is 102 Å². The predicted molar refractivity (Wildman–Crippen MR) is 99.2 cm³/mol. The standard InChI is InChI=1S/C23H20O/c1-23(20-11-7-4-8-12-20,18-17-19-9-5-3-6-10-19)21-13-15-22(24-2)16-14-21/h3-16H,1-2H3/t23-/m1/s1. The maximum absolute atomic E-state index is 5.28. The van der Waals surface area contributed by atoms with Gasteiger partial charge in [0.2, 0.25) is 0 Å². The molecule has 1 heteroatoms. The second-order valence-electron chi connectivity index (χ2n) is 5.84. The van der Waals surface area contributed by atoms with Crippen molar-refractivity contribution in [1.82, 2.24) is 0 Å². The highest BCUT2D eigenvalue weighted by molar-refractivity contribution is 5.50. The van der Waals surface area contributed by atoms with Crippen molar-refractivity contribution >= 4 is 0 Å². The minimum absolute atomic E-state index is 0.386. The van der Waals surface area contributed by atoms with E-state index in [0.29, 0.717) is 0 Å². The number of benzene rings is 3. The largest absolute Gasteiger partial charge is 0.497 e. The van der Waals surface area contributed by atoms with Crippen LogP contribution in [0.15, 0.2) is 84.9 Å². The normalized spacial score (nSPS) is 12.6. The van der Waals surface area contributed by atoms with Gasteiger partial charge in [0.05, 0.1) is 12.5 Å². The maximum atomic E-state index is 5.28. The minimum Gasteiger partial charge on any atom is -0.497 e. The molecule has 0 heterocycles. The first-order chi connectivity index (χ1) is 11.7. The van der Waals surface area contributed by atoms with Crippen molar-refractivity contribution in [2.75, 3.05) is 7.11 Å². The molecule has 0 saturated heterocycles. The summed E-state index contributed by atoms with van der Waals surface area (Å²) >= 11 is 0. The quantitative estimate of drug-likeness (QED) is 0.615. The van der Waals surface area contributed by atoms with Gasteiger partial charge in [-0.25, -0.2) is 0 Å². The van der Waals surface area contributed by atoms with Crippen LogP contribution in [0.1, 0.15) is 23.6 Å². The summed E-state index contributed by atoms with van der Waals surface area (Å²) in [4.78, 5) is 0. The molecule has 0 spiro atoms. The molecule has 1 nitrogen and oxygen atoms in total. The predicted octanol–water partition coefficient (Wildman–Crippen LogP) is 5.05. The Morgan fingerprint density at radius 3 is 1.83 bits per heavy atom. The summed E-state index contributed by atoms with van der Waals surface area (Å²) in [5.74, 6) is 7.67. The van der Waals surface area contributed by atoms with Gasteiger partial charge in [-0.15, -0.1) is 0 Å². The number of hydrogen-bond donors (Lipinski definition) is 0. The van der Waals surface area contributed by atoms with E-state index >= 15 is 0 Å². The smallest absolute Gasteiger partial charge is 0.118 e. The van der Waals surface area contributed by atoms with Crippen LogP contribution in [0.4, 0.5) is 0 Å². The topological polar surface area (TPSA) is 9.23 Å². The first-order valence-electron chi connectivity index (χ1n) is 8.01. The number of hydrogen-bond acceptors (Lipinski definition) is 1. The lowest BCUT2D eigenvalue weighted by Gasteiger charge is -2.25. The maximum Gasteiger partial charge on any atom is 0.118 e. The Morgan fingerprint density at radius 1 is 0.708 bits per heavy atom. The van der Waals surface area contributed by atoms with E-state index in [1.54, 1.807) is 7.11 Å². The molecule has 0 saturated carbocycles. The van der Waals surface area contributed by atoms with Crippen molar-refractivity contribution in [2.24, 2.45) is 0 Å². The van der Waals surface area contributed by atoms with E-state index in [9.17, 15) is 0 Å². The molecule has 3 rings (SSSR count). The highest BCUT2D eigenvalue weighted by Gasteiger charge is 2.26. The Morgan fingerprint density at radius 2 is 1.25 bits per heavy atom. The van der Waals surface area contributed by atoms with Gasteiger partial charge in [0.1, 0.15) is 5.75 Å². The molecule has 0 bridgehead atoms. The van der Waals surface area contributed by atoms with Crippen LogP contribution in [0, 0.1) is 11.8 Å². The third kappa shape index (κ3) is 3.34. The van der Waals surface area contributed by atoms with E-state index < -0.39 is 0 Å². The monoisotopic (exact) mass is 312 g/mol. The molecule has 0 amide bonds. The summed E-state index contributed by atoms with van der Waals surface area (Å²) in [5, 5.41) is 0. The molecule has 24 heavy (non-hydrogen) atoms. The van der Waals surface area contributed by atoms with Crippen molar-refractivity contribution in [2.45, 2.75) is 12.3 Å². The van der Waals surface area contributed by atoms with Crippen LogP contribution < -0.4 is 4.74 Å². The zero-order valence-electron chi connectivity index (χ0n) is 14.0. The third-order valence-electron chi connectivity index (χ3n) is 4.25. The molecular weight excluding hydrogens is 292 g/mol. The van der Waals surface area contributed by atoms with Crippen molar-refractivity contribution in [3.63, 3.8) is 0 Å². The van der Waals surface area contributed by atoms with E-state index in [1.807, 2.05) is 48.5 Å². The molecule has 0 aromatic heterocycles. The summed E-state index contributed by atoms with van der Waals surface area (Å²) in [7, 11) is 1.68. The lowest BCUT2D eigenvalue weighted by Crippen LogP contribution is -2.21. The van der Waals surface area contributed by atoms with E-state index in [2.05, 4.69) is 55.2 Å². The third-order valence-corrected chi connectivity index (χ3v) is 4.25. The van der Waals surface area contributed by atoms with E-state index in [-0.39, 0.29) is 5.41 Å². The van der Waals surface area contributed by atoms with Gasteiger partial charge >= 0.3 is 0 Å². The second-order valence-corrected chi connectivity index (χ2v) is 5.84. The fourth-order valence-electron chi connectivity index (χ4n) is 2.73. The Kier molecular flexibility index (Phi) is 4.68. The van der Waals surface area contributed by atoms with Gasteiger partial charge in [-0.2, -0.15) is 0 Å². The lowest BCUT2D eigenvalue weighted by molar-refractivity contribution is 0.414. The van der Waals surface area contributed by atoms with Crippen molar-refractivity contribution in [3.8, 4) is 17.6 Å². The van der Waals surface area contributed by atoms with Gasteiger partial charge in [0, 0.05) is 5.56 Å². The SMILES string of the molecule is COc1ccc([C@](C)(C#Cc2ccccc2)c2ccccc2)cc1. The average molecular weight is 312 g/mol. The number of methoxy groups -OCH3 is 1. The van der Waals surface area contributed by atoms with Crippen LogP contribution >= 0.6 is 0 Å². The zero-order valence-corrected chi connectivity index (χ0v) is 14.0. The van der Waals surface area contributed by atoms with Gasteiger partial charge in [-0.3, -0.25) is 0 Å². The molecule has 118 valence electrons. The van der Waals surface area contributed by atoms with E-state index in [4.69, 9.17) is 4.74 Å². The molecule has 0 aliphatic rings. The number of rotatable bonds is 3. The lowest BCUT2D eigenvalue weighted by atomic mass is 9.76. The molecule has 1 atom stereocenters. The Balaban J connectivity index is 2.09. The summed E-state index contributed by atoms with van der Waals surface area (Å²) in [6.07, 6.45) is 0. The molecule has 3 aromatic rings. The molecule has 0 fully saturated rings. The van der Waals surface area contributed by atoms with Gasteiger partial charge < -0.3 is 4.74 Å². The zero-order chi connectivity index (χ0) is 16.8. The fourth-order valence-corrected chi connectivity index (χ4v) is 2.73. The van der Waals surface area contributed by atoms with Gasteiger partial charge in [-0.1, -0.05) is 72.5 Å². The Labute approximate surface area is 143 Å². The highest BCUT2D eigenvalue weighted by atomic mass is 16.5. The Hall–Kier alpha value is -2.98. The van der Waals surface area contributed by atoms with Crippen LogP contribution in [0.5, 0.6) is 5.75 Å². The van der Waals surface area contributed by atoms with Gasteiger partial charge in [0.25, 0.3) is 0 Å². The van der Waals surface area contributed by atoms with Crippen LogP contribution in [-0.2, 0) is 5.41 Å². The first-order valence-corrected chi connectivity index (χ1v) is 8.01. The number of ether oxygens (including phenoxy) is 1. The van der Waals surface area contributed by atoms with Crippen LogP contribution in [0.25, 0.3) is 0 Å². The average Bonchev–Trinajstić information content (AvgIpc) is 2.68. The molecule has 0 unspecified atom stereocenters. The van der Waals surface area contributed by atoms with Crippen LogP contribution in [-0.4, -0.2) is 7.11 Å². The highest BCUT2D eigenvalue weighted by Crippen LogP contribution is 2.32. The van der Waals surface area contributed by atoms with Crippen LogP contribution in [0.2, 0.25) is 0 Å². The first kappa shape index (κ1) is 15.9. The summed E-state index contributed by atoms with van der Waals surface area (Å²) < 4.78 is 5.28. The van der Waals surface area contributed by atoms with Gasteiger partial charge in [0.15, 0.2) is 0 Å². The molecule has 3 aromatic carbocycles. The molecule has 0 aliphatic carbocycles. The molecule has 0 radical (unpaired) electrons. The van der Waals surface area contributed by atoms with E-state index in [1.165, 1.54) is 5.56 Å². The Bertz CT molecular complexity index is 839.